The van der Waals surface area contributed by atoms with Crippen molar-refractivity contribution < 1.29 is 27.3 Å². The van der Waals surface area contributed by atoms with Gasteiger partial charge < -0.3 is 10.1 Å². The largest absolute Gasteiger partial charge is 0.469 e. The third-order valence-electron chi connectivity index (χ3n) is 3.12. The van der Waals surface area contributed by atoms with Crippen LogP contribution in [-0.2, 0) is 24.4 Å². The third-order valence-corrected chi connectivity index (χ3v) is 4.20. The molecule has 21 heavy (non-hydrogen) atoms. The molecule has 0 rings (SSSR count). The van der Waals surface area contributed by atoms with Gasteiger partial charge in [0.05, 0.1) is 24.3 Å². The van der Waals surface area contributed by atoms with Crippen LogP contribution in [0.4, 0.5) is 0 Å². The van der Waals surface area contributed by atoms with Gasteiger partial charge in [0.1, 0.15) is 0 Å². The van der Waals surface area contributed by atoms with Gasteiger partial charge in [-0.1, -0.05) is 13.8 Å². The molecule has 0 fully saturated rings. The fourth-order valence-corrected chi connectivity index (χ4v) is 3.06. The number of carbonyl (C=O) groups excluding carboxylic acids is 2. The lowest BCUT2D eigenvalue weighted by atomic mass is 9.92. The topological polar surface area (TPSA) is 110 Å². The van der Waals surface area contributed by atoms with Gasteiger partial charge in [0.2, 0.25) is 5.91 Å². The number of hydrogen-bond donors (Lipinski definition) is 2. The molecule has 0 bridgehead atoms. The first kappa shape index (κ1) is 19.9. The Morgan fingerprint density at radius 3 is 2.24 bits per heavy atom. The van der Waals surface area contributed by atoms with Gasteiger partial charge in [-0.15, -0.1) is 0 Å². The molecule has 7 nitrogen and oxygen atoms in total. The standard InChI is InChI=1S/C13H25NO6S/c1-6-10(12(16)20-5)7-9(2)11(15)14-13(3,4)8-21(17,18)19/h9-10H,6-8H2,1-5H3,(H,14,15)(H,17,18,19). The number of rotatable bonds is 8. The molecule has 0 heterocycles. The molecule has 0 aliphatic carbocycles. The number of hydrogen-bond acceptors (Lipinski definition) is 5. The Hall–Kier alpha value is -1.15. The van der Waals surface area contributed by atoms with E-state index in [1.165, 1.54) is 21.0 Å². The maximum Gasteiger partial charge on any atom is 0.308 e. The first-order valence-corrected chi connectivity index (χ1v) is 8.37. The van der Waals surface area contributed by atoms with E-state index in [-0.39, 0.29) is 17.8 Å². The molecule has 0 spiro atoms. The van der Waals surface area contributed by atoms with E-state index in [2.05, 4.69) is 10.1 Å². The highest BCUT2D eigenvalue weighted by Crippen LogP contribution is 2.18. The van der Waals surface area contributed by atoms with Gasteiger partial charge in [-0.05, 0) is 26.7 Å². The van der Waals surface area contributed by atoms with Crippen LogP contribution >= 0.6 is 0 Å². The summed E-state index contributed by atoms with van der Waals surface area (Å²) in [5.41, 5.74) is -1.09. The molecule has 8 heteroatoms. The van der Waals surface area contributed by atoms with Gasteiger partial charge >= 0.3 is 5.97 Å². The van der Waals surface area contributed by atoms with Crippen molar-refractivity contribution in [2.75, 3.05) is 12.9 Å². The van der Waals surface area contributed by atoms with Crippen LogP contribution in [0.2, 0.25) is 0 Å². The van der Waals surface area contributed by atoms with Crippen LogP contribution in [0.25, 0.3) is 0 Å². The van der Waals surface area contributed by atoms with Crippen LogP contribution in [0.1, 0.15) is 40.5 Å². The highest BCUT2D eigenvalue weighted by atomic mass is 32.2. The van der Waals surface area contributed by atoms with Crippen molar-refractivity contribution in [1.82, 2.24) is 5.32 Å². The Morgan fingerprint density at radius 2 is 1.86 bits per heavy atom. The molecule has 0 aromatic carbocycles. The Bertz CT molecular complexity index is 471. The fourth-order valence-electron chi connectivity index (χ4n) is 2.08. The van der Waals surface area contributed by atoms with Crippen LogP contribution in [0, 0.1) is 11.8 Å². The van der Waals surface area contributed by atoms with E-state index in [0.717, 1.165) is 0 Å². The molecular formula is C13H25NO6S. The zero-order valence-corrected chi connectivity index (χ0v) is 14.0. The molecule has 0 aromatic rings. The normalized spacial score (nSPS) is 15.1. The summed E-state index contributed by atoms with van der Waals surface area (Å²) in [5, 5.41) is 2.57. The quantitative estimate of drug-likeness (QED) is 0.509. The Kier molecular flexibility index (Phi) is 7.32. The molecule has 0 aromatic heterocycles. The minimum absolute atomic E-state index is 0.316. The van der Waals surface area contributed by atoms with E-state index in [1.54, 1.807) is 6.92 Å². The highest BCUT2D eigenvalue weighted by Gasteiger charge is 2.30. The second-order valence-corrected chi connectivity index (χ2v) is 7.32. The third kappa shape index (κ3) is 8.01. The smallest absolute Gasteiger partial charge is 0.308 e. The number of nitrogens with one attached hydrogen (secondary N) is 1. The molecule has 0 aliphatic heterocycles. The van der Waals surface area contributed by atoms with Crippen molar-refractivity contribution in [1.29, 1.82) is 0 Å². The van der Waals surface area contributed by atoms with Crippen LogP contribution in [0.5, 0.6) is 0 Å². The lowest BCUT2D eigenvalue weighted by molar-refractivity contribution is -0.146. The molecule has 2 atom stereocenters. The monoisotopic (exact) mass is 323 g/mol. The molecule has 0 radical (unpaired) electrons. The van der Waals surface area contributed by atoms with Crippen molar-refractivity contribution >= 4 is 22.0 Å². The van der Waals surface area contributed by atoms with Gasteiger partial charge in [0.15, 0.2) is 0 Å². The van der Waals surface area contributed by atoms with E-state index in [4.69, 9.17) is 4.55 Å². The minimum atomic E-state index is -4.19. The first-order chi connectivity index (χ1) is 9.41. The Balaban J connectivity index is 4.68. The number of amides is 1. The Labute approximate surface area is 126 Å². The van der Waals surface area contributed by atoms with E-state index < -0.39 is 27.3 Å². The zero-order chi connectivity index (χ0) is 16.8. The van der Waals surface area contributed by atoms with Crippen LogP contribution in [0.3, 0.4) is 0 Å². The molecule has 1 amide bonds. The predicted octanol–water partition coefficient (Wildman–Crippen LogP) is 0.994. The zero-order valence-electron chi connectivity index (χ0n) is 13.2. The maximum atomic E-state index is 12.1. The molecule has 0 saturated heterocycles. The number of methoxy groups -OCH3 is 1. The number of esters is 1. The van der Waals surface area contributed by atoms with E-state index in [1.807, 2.05) is 6.92 Å². The van der Waals surface area contributed by atoms with E-state index in [0.29, 0.717) is 12.8 Å². The van der Waals surface area contributed by atoms with Crippen LogP contribution in [0.15, 0.2) is 0 Å². The van der Waals surface area contributed by atoms with Gasteiger partial charge in [0, 0.05) is 5.92 Å². The van der Waals surface area contributed by atoms with Gasteiger partial charge in [-0.3, -0.25) is 14.1 Å². The van der Waals surface area contributed by atoms with Crippen molar-refractivity contribution in [2.45, 2.75) is 46.1 Å². The summed E-state index contributed by atoms with van der Waals surface area (Å²) in [6.45, 7) is 6.49. The second-order valence-electron chi connectivity index (χ2n) is 5.86. The molecule has 0 aliphatic rings. The number of ether oxygens (including phenoxy) is 1. The predicted molar refractivity (Wildman–Crippen MR) is 78.2 cm³/mol. The lowest BCUT2D eigenvalue weighted by Gasteiger charge is -2.27. The number of carbonyl (C=O) groups is 2. The molecular weight excluding hydrogens is 298 g/mol. The van der Waals surface area contributed by atoms with Gasteiger partial charge in [-0.25, -0.2) is 0 Å². The SMILES string of the molecule is CCC(CC(C)C(=O)NC(C)(C)CS(=O)(=O)O)C(=O)OC. The van der Waals surface area contributed by atoms with Gasteiger partial charge in [-0.2, -0.15) is 8.42 Å². The highest BCUT2D eigenvalue weighted by molar-refractivity contribution is 7.85. The molecule has 2 N–H and O–H groups in total. The lowest BCUT2D eigenvalue weighted by Crippen LogP contribution is -2.50. The van der Waals surface area contributed by atoms with Crippen molar-refractivity contribution in [3.05, 3.63) is 0 Å². The summed E-state index contributed by atoms with van der Waals surface area (Å²) in [7, 11) is -2.89. The fraction of sp³-hybridized carbons (Fsp3) is 0.846. The van der Waals surface area contributed by atoms with Crippen molar-refractivity contribution in [3.63, 3.8) is 0 Å². The van der Waals surface area contributed by atoms with E-state index >= 15 is 0 Å². The molecule has 2 unspecified atom stereocenters. The summed E-state index contributed by atoms with van der Waals surface area (Å²) in [5.74, 6) is -2.16. The van der Waals surface area contributed by atoms with Crippen molar-refractivity contribution in [2.24, 2.45) is 11.8 Å². The average molecular weight is 323 g/mol. The van der Waals surface area contributed by atoms with Crippen LogP contribution in [-0.4, -0.2) is 43.2 Å². The molecule has 0 saturated carbocycles. The summed E-state index contributed by atoms with van der Waals surface area (Å²) in [6, 6.07) is 0. The van der Waals surface area contributed by atoms with E-state index in [9.17, 15) is 18.0 Å². The van der Waals surface area contributed by atoms with Crippen molar-refractivity contribution in [3.8, 4) is 0 Å². The Morgan fingerprint density at radius 1 is 1.33 bits per heavy atom. The first-order valence-electron chi connectivity index (χ1n) is 6.77. The van der Waals surface area contributed by atoms with Crippen LogP contribution < -0.4 is 5.32 Å². The summed E-state index contributed by atoms with van der Waals surface area (Å²) < 4.78 is 35.3. The minimum Gasteiger partial charge on any atom is -0.469 e. The summed E-state index contributed by atoms with van der Waals surface area (Å²) >= 11 is 0. The summed E-state index contributed by atoms with van der Waals surface area (Å²) in [4.78, 5) is 23.6. The average Bonchev–Trinajstić information content (AvgIpc) is 2.30. The summed E-state index contributed by atoms with van der Waals surface area (Å²) in [6.07, 6.45) is 0.871. The maximum absolute atomic E-state index is 12.1. The molecule has 124 valence electrons. The second kappa shape index (κ2) is 7.74. The van der Waals surface area contributed by atoms with Gasteiger partial charge in [0.25, 0.3) is 10.1 Å².